The molecule has 15 heteroatoms. The number of unbranched alkanes of at least 4 members (excludes halogenated alkanes) is 7. The van der Waals surface area contributed by atoms with Crippen molar-refractivity contribution in [2.45, 2.75) is 197 Å². The molecule has 1 heterocycles. The summed E-state index contributed by atoms with van der Waals surface area (Å²) < 4.78 is 39.2. The summed E-state index contributed by atoms with van der Waals surface area (Å²) in [6, 6.07) is 0. The van der Waals surface area contributed by atoms with E-state index in [1.807, 2.05) is 18.2 Å². The first-order chi connectivity index (χ1) is 30.9. The van der Waals surface area contributed by atoms with E-state index in [1.54, 1.807) is 0 Å². The van der Waals surface area contributed by atoms with Crippen LogP contribution in [0.5, 0.6) is 0 Å². The van der Waals surface area contributed by atoms with Gasteiger partial charge in [0.25, 0.3) is 0 Å². The highest BCUT2D eigenvalue weighted by Gasteiger charge is 2.51. The number of epoxide rings is 1. The summed E-state index contributed by atoms with van der Waals surface area (Å²) in [4.78, 5) is 35.7. The number of rotatable bonds is 36. The maximum atomic E-state index is 12.8. The minimum Gasteiger partial charge on any atom is -0.462 e. The van der Waals surface area contributed by atoms with Gasteiger partial charge in [0.1, 0.15) is 43.2 Å². The highest BCUT2D eigenvalue weighted by atomic mass is 31.2. The van der Waals surface area contributed by atoms with Crippen molar-refractivity contribution in [3.8, 4) is 0 Å². The maximum Gasteiger partial charge on any atom is 0.472 e. The van der Waals surface area contributed by atoms with Gasteiger partial charge in [0.05, 0.1) is 18.8 Å². The fourth-order valence-corrected chi connectivity index (χ4v) is 7.76. The van der Waals surface area contributed by atoms with Crippen molar-refractivity contribution in [2.24, 2.45) is 0 Å². The SMILES string of the molecule is CC/C=C\C/C=C\C/C=C\C/C=C\C/C=C\C/C=C\CCC(=O)OC[C@H](COP(=O)(O)OC1[C@H](O)[C@H](O)C(O)[C@H](O)[C@H]1O)OC(=O)CCCCCCC/C=C\CC1OC1CCCCC. The van der Waals surface area contributed by atoms with E-state index in [4.69, 9.17) is 23.3 Å². The van der Waals surface area contributed by atoms with Gasteiger partial charge >= 0.3 is 19.8 Å². The van der Waals surface area contributed by atoms with Crippen molar-refractivity contribution in [2.75, 3.05) is 13.2 Å². The van der Waals surface area contributed by atoms with Crippen LogP contribution in [0.25, 0.3) is 0 Å². The molecule has 0 aromatic heterocycles. The fraction of sp³-hybridized carbons (Fsp3) is 0.673. The zero-order chi connectivity index (χ0) is 46.8. The molecule has 0 bridgehead atoms. The van der Waals surface area contributed by atoms with Crippen LogP contribution < -0.4 is 0 Å². The Kier molecular flexibility index (Phi) is 31.4. The van der Waals surface area contributed by atoms with Gasteiger partial charge in [-0.25, -0.2) is 4.57 Å². The lowest BCUT2D eigenvalue weighted by molar-refractivity contribution is -0.220. The van der Waals surface area contributed by atoms with Crippen LogP contribution in [0.2, 0.25) is 0 Å². The van der Waals surface area contributed by atoms with Crippen molar-refractivity contribution in [1.29, 1.82) is 0 Å². The second-order valence-electron chi connectivity index (χ2n) is 16.3. The van der Waals surface area contributed by atoms with Crippen molar-refractivity contribution >= 4 is 19.8 Å². The van der Waals surface area contributed by atoms with Gasteiger partial charge < -0.3 is 44.6 Å². The maximum absolute atomic E-state index is 12.8. The number of hydrogen-bond donors (Lipinski definition) is 6. The summed E-state index contributed by atoms with van der Waals surface area (Å²) in [7, 11) is -5.15. The number of aliphatic hydroxyl groups excluding tert-OH is 5. The van der Waals surface area contributed by atoms with Crippen LogP contribution in [0.4, 0.5) is 0 Å². The Morgan fingerprint density at radius 2 is 1.11 bits per heavy atom. The molecular formula is C49H79O14P. The lowest BCUT2D eigenvalue weighted by Crippen LogP contribution is -2.64. The van der Waals surface area contributed by atoms with Crippen molar-refractivity contribution in [3.05, 3.63) is 85.1 Å². The number of hydrogen-bond acceptors (Lipinski definition) is 13. The Morgan fingerprint density at radius 3 is 1.70 bits per heavy atom. The van der Waals surface area contributed by atoms with Crippen LogP contribution in [0.15, 0.2) is 85.1 Å². The number of allylic oxidation sites excluding steroid dienone is 13. The highest BCUT2D eigenvalue weighted by molar-refractivity contribution is 7.47. The third-order valence-corrected chi connectivity index (χ3v) is 11.6. The van der Waals surface area contributed by atoms with E-state index in [1.165, 1.54) is 19.3 Å². The predicted molar refractivity (Wildman–Crippen MR) is 248 cm³/mol. The third kappa shape index (κ3) is 26.8. The monoisotopic (exact) mass is 923 g/mol. The van der Waals surface area contributed by atoms with Gasteiger partial charge in [0, 0.05) is 12.8 Å². The summed E-state index contributed by atoms with van der Waals surface area (Å²) >= 11 is 0. The number of phosphoric acid groups is 1. The molecule has 364 valence electrons. The minimum atomic E-state index is -5.15. The molecular weight excluding hydrogens is 843 g/mol. The predicted octanol–water partition coefficient (Wildman–Crippen LogP) is 8.26. The topological polar surface area (TPSA) is 222 Å². The quantitative estimate of drug-likeness (QED) is 0.0115. The zero-order valence-corrected chi connectivity index (χ0v) is 39.1. The summed E-state index contributed by atoms with van der Waals surface area (Å²) in [6.07, 6.45) is 33.9. The molecule has 1 aliphatic heterocycles. The Balaban J connectivity index is 1.74. The average Bonchev–Trinajstić information content (AvgIpc) is 4.03. The standard InChI is InChI=1S/C49H79O14P/c1-3-5-7-8-9-10-11-12-13-14-15-16-17-18-19-20-24-27-31-35-42(50)59-37-39(38-60-64(57,58)63-49-47(55)45(53)44(52)46(54)48(49)56)61-43(51)36-32-28-25-22-21-23-26-30-34-41-40(62-41)33-29-6-4-2/h5,7,9-10,12-13,15-16,18-19,24,26-27,30,39-41,44-49,52-56H,3-4,6,8,11,14,17,20-23,25,28-29,31-38H2,1-2H3,(H,57,58)/b7-5-,10-9-,13-12-,16-15-,19-18-,27-24-,30-26-/t39-,40?,41?,44?,45-,46+,47-,48-,49?/m1/s1. The fourth-order valence-electron chi connectivity index (χ4n) is 6.79. The van der Waals surface area contributed by atoms with Gasteiger partial charge in [0.2, 0.25) is 0 Å². The van der Waals surface area contributed by atoms with E-state index < -0.39 is 75.7 Å². The molecule has 64 heavy (non-hydrogen) atoms. The van der Waals surface area contributed by atoms with E-state index >= 15 is 0 Å². The van der Waals surface area contributed by atoms with Gasteiger partial charge in [-0.3, -0.25) is 18.6 Å². The first-order valence-electron chi connectivity index (χ1n) is 23.5. The lowest BCUT2D eigenvalue weighted by Gasteiger charge is -2.41. The Bertz CT molecular complexity index is 1510. The highest BCUT2D eigenvalue weighted by Crippen LogP contribution is 2.47. The Labute approximate surface area is 382 Å². The molecule has 6 N–H and O–H groups in total. The van der Waals surface area contributed by atoms with E-state index in [-0.39, 0.29) is 12.8 Å². The van der Waals surface area contributed by atoms with E-state index in [0.717, 1.165) is 77.0 Å². The number of phosphoric ester groups is 1. The molecule has 0 radical (unpaired) electrons. The van der Waals surface area contributed by atoms with Crippen LogP contribution in [-0.2, 0) is 37.4 Å². The lowest BCUT2D eigenvalue weighted by atomic mass is 9.85. The average molecular weight is 923 g/mol. The van der Waals surface area contributed by atoms with E-state index in [0.29, 0.717) is 31.5 Å². The zero-order valence-electron chi connectivity index (χ0n) is 38.2. The first kappa shape index (κ1) is 57.1. The summed E-state index contributed by atoms with van der Waals surface area (Å²) in [6.45, 7) is 3.06. The van der Waals surface area contributed by atoms with Crippen LogP contribution in [0.1, 0.15) is 142 Å². The van der Waals surface area contributed by atoms with Gasteiger partial charge in [-0.15, -0.1) is 0 Å². The second-order valence-corrected chi connectivity index (χ2v) is 17.7. The number of esters is 2. The molecule has 0 spiro atoms. The van der Waals surface area contributed by atoms with E-state index in [9.17, 15) is 44.6 Å². The van der Waals surface area contributed by atoms with E-state index in [2.05, 4.69) is 80.7 Å². The van der Waals surface area contributed by atoms with Gasteiger partial charge in [0.15, 0.2) is 6.10 Å². The van der Waals surface area contributed by atoms with Crippen LogP contribution in [0.3, 0.4) is 0 Å². The Hall–Kier alpha value is -3.01. The molecule has 14 nitrogen and oxygen atoms in total. The number of ether oxygens (including phenoxy) is 3. The minimum absolute atomic E-state index is 0.0313. The van der Waals surface area contributed by atoms with Gasteiger partial charge in [-0.1, -0.05) is 137 Å². The number of carbonyl (C=O) groups is 2. The molecule has 1 saturated carbocycles. The van der Waals surface area contributed by atoms with Crippen LogP contribution >= 0.6 is 7.82 Å². The molecule has 2 aliphatic rings. The molecule has 5 unspecified atom stereocenters. The molecule has 0 aromatic rings. The largest absolute Gasteiger partial charge is 0.472 e. The second kappa shape index (κ2) is 35.2. The molecule has 0 amide bonds. The molecule has 2 fully saturated rings. The number of aliphatic hydroxyl groups is 5. The molecule has 0 aromatic carbocycles. The number of carbonyl (C=O) groups excluding carboxylic acids is 2. The summed E-state index contributed by atoms with van der Waals surface area (Å²) in [5.41, 5.74) is 0. The normalized spacial score (nSPS) is 25.5. The molecule has 1 saturated heterocycles. The van der Waals surface area contributed by atoms with Crippen LogP contribution in [0, 0.1) is 0 Å². The van der Waals surface area contributed by atoms with Crippen molar-refractivity contribution in [1.82, 2.24) is 0 Å². The molecule has 1 aliphatic carbocycles. The molecule has 10 atom stereocenters. The smallest absolute Gasteiger partial charge is 0.462 e. The Morgan fingerprint density at radius 1 is 0.578 bits per heavy atom. The summed E-state index contributed by atoms with van der Waals surface area (Å²) in [5, 5.41) is 50.2. The van der Waals surface area contributed by atoms with Crippen LogP contribution in [-0.4, -0.2) is 111 Å². The first-order valence-corrected chi connectivity index (χ1v) is 25.0. The van der Waals surface area contributed by atoms with Crippen molar-refractivity contribution < 1.29 is 67.8 Å². The van der Waals surface area contributed by atoms with Gasteiger partial charge in [-0.05, 0) is 77.0 Å². The van der Waals surface area contributed by atoms with Gasteiger partial charge in [-0.2, -0.15) is 0 Å². The molecule has 2 rings (SSSR count). The summed E-state index contributed by atoms with van der Waals surface area (Å²) in [5.74, 6) is -1.23. The van der Waals surface area contributed by atoms with Crippen molar-refractivity contribution in [3.63, 3.8) is 0 Å². The third-order valence-electron chi connectivity index (χ3n) is 10.7.